The molecule has 24 heavy (non-hydrogen) atoms. The zero-order valence-corrected chi connectivity index (χ0v) is 14.0. The molecular weight excluding hydrogens is 313 g/mol. The SMILES string of the molecule is CC(C)C[C@H]1NC(=O)N(CC(=O)N[C@H](C)c2ccc(F)cc2)C1=O. The largest absolute Gasteiger partial charge is 0.348 e. The van der Waals surface area contributed by atoms with Crippen molar-refractivity contribution in [3.05, 3.63) is 35.6 Å². The first-order chi connectivity index (χ1) is 11.3. The number of halogens is 1. The van der Waals surface area contributed by atoms with Crippen molar-refractivity contribution in [2.24, 2.45) is 5.92 Å². The molecule has 4 amide bonds. The third-order valence-electron chi connectivity index (χ3n) is 3.86. The van der Waals surface area contributed by atoms with Crippen LogP contribution in [0.5, 0.6) is 0 Å². The fraction of sp³-hybridized carbons (Fsp3) is 0.471. The molecular formula is C17H22FN3O3. The summed E-state index contributed by atoms with van der Waals surface area (Å²) in [6, 6.07) is 4.30. The lowest BCUT2D eigenvalue weighted by Crippen LogP contribution is -2.41. The Hall–Kier alpha value is -2.44. The molecule has 2 N–H and O–H groups in total. The minimum atomic E-state index is -0.570. The monoisotopic (exact) mass is 335 g/mol. The number of benzene rings is 1. The molecule has 0 aromatic heterocycles. The van der Waals surface area contributed by atoms with Crippen molar-refractivity contribution in [1.82, 2.24) is 15.5 Å². The molecule has 1 aliphatic heterocycles. The van der Waals surface area contributed by atoms with E-state index in [-0.39, 0.29) is 30.2 Å². The predicted octanol–water partition coefficient (Wildman–Crippen LogP) is 1.97. The van der Waals surface area contributed by atoms with Gasteiger partial charge in [0.15, 0.2) is 0 Å². The van der Waals surface area contributed by atoms with Crippen LogP contribution in [-0.2, 0) is 9.59 Å². The standard InChI is InChI=1S/C17H22FN3O3/c1-10(2)8-14-16(23)21(17(24)20-14)9-15(22)19-11(3)12-4-6-13(18)7-5-12/h4-7,10-11,14H,8-9H2,1-3H3,(H,19,22)(H,20,24)/t11-,14-/m1/s1. The van der Waals surface area contributed by atoms with E-state index >= 15 is 0 Å². The van der Waals surface area contributed by atoms with E-state index in [9.17, 15) is 18.8 Å². The predicted molar refractivity (Wildman–Crippen MR) is 86.4 cm³/mol. The zero-order chi connectivity index (χ0) is 17.9. The van der Waals surface area contributed by atoms with Gasteiger partial charge in [-0.15, -0.1) is 0 Å². The third-order valence-corrected chi connectivity index (χ3v) is 3.86. The Morgan fingerprint density at radius 1 is 1.25 bits per heavy atom. The molecule has 130 valence electrons. The number of hydrogen-bond donors (Lipinski definition) is 2. The maximum Gasteiger partial charge on any atom is 0.325 e. The number of nitrogens with one attached hydrogen (secondary N) is 2. The molecule has 1 saturated heterocycles. The number of rotatable bonds is 6. The molecule has 0 saturated carbocycles. The van der Waals surface area contributed by atoms with Gasteiger partial charge in [-0.25, -0.2) is 9.18 Å². The van der Waals surface area contributed by atoms with E-state index in [1.54, 1.807) is 19.1 Å². The van der Waals surface area contributed by atoms with Gasteiger partial charge in [-0.05, 0) is 37.0 Å². The van der Waals surface area contributed by atoms with Crippen molar-refractivity contribution in [1.29, 1.82) is 0 Å². The molecule has 0 unspecified atom stereocenters. The second kappa shape index (κ2) is 7.42. The van der Waals surface area contributed by atoms with Gasteiger partial charge in [-0.3, -0.25) is 14.5 Å². The fourth-order valence-electron chi connectivity index (χ4n) is 2.62. The molecule has 6 nitrogen and oxygen atoms in total. The lowest BCUT2D eigenvalue weighted by molar-refractivity contribution is -0.132. The second-order valence-corrected chi connectivity index (χ2v) is 6.40. The average Bonchev–Trinajstić information content (AvgIpc) is 2.74. The second-order valence-electron chi connectivity index (χ2n) is 6.40. The van der Waals surface area contributed by atoms with Crippen LogP contribution in [0.4, 0.5) is 9.18 Å². The molecule has 1 heterocycles. The van der Waals surface area contributed by atoms with E-state index in [1.165, 1.54) is 12.1 Å². The molecule has 1 aromatic carbocycles. The maximum atomic E-state index is 12.9. The van der Waals surface area contributed by atoms with Crippen LogP contribution < -0.4 is 10.6 Å². The van der Waals surface area contributed by atoms with Crippen molar-refractivity contribution in [2.75, 3.05) is 6.54 Å². The zero-order valence-electron chi connectivity index (χ0n) is 14.0. The lowest BCUT2D eigenvalue weighted by atomic mass is 10.0. The Kier molecular flexibility index (Phi) is 5.54. The van der Waals surface area contributed by atoms with E-state index in [1.807, 2.05) is 13.8 Å². The van der Waals surface area contributed by atoms with Crippen LogP contribution in [0.1, 0.15) is 38.8 Å². The highest BCUT2D eigenvalue weighted by Gasteiger charge is 2.39. The highest BCUT2D eigenvalue weighted by Crippen LogP contribution is 2.15. The van der Waals surface area contributed by atoms with Crippen LogP contribution in [0.2, 0.25) is 0 Å². The van der Waals surface area contributed by atoms with Crippen LogP contribution in [0.3, 0.4) is 0 Å². The molecule has 2 atom stereocenters. The van der Waals surface area contributed by atoms with Gasteiger partial charge in [-0.1, -0.05) is 26.0 Å². The highest BCUT2D eigenvalue weighted by atomic mass is 19.1. The van der Waals surface area contributed by atoms with E-state index in [2.05, 4.69) is 10.6 Å². The summed E-state index contributed by atoms with van der Waals surface area (Å²) in [4.78, 5) is 37.1. The molecule has 0 spiro atoms. The van der Waals surface area contributed by atoms with E-state index in [0.717, 1.165) is 10.5 Å². The minimum Gasteiger partial charge on any atom is -0.348 e. The highest BCUT2D eigenvalue weighted by molar-refractivity contribution is 6.06. The molecule has 7 heteroatoms. The summed E-state index contributed by atoms with van der Waals surface area (Å²) < 4.78 is 12.9. The van der Waals surface area contributed by atoms with Gasteiger partial charge < -0.3 is 10.6 Å². The van der Waals surface area contributed by atoms with Gasteiger partial charge in [0.25, 0.3) is 5.91 Å². The van der Waals surface area contributed by atoms with Crippen molar-refractivity contribution >= 4 is 17.8 Å². The third kappa shape index (κ3) is 4.31. The van der Waals surface area contributed by atoms with Crippen molar-refractivity contribution in [3.8, 4) is 0 Å². The maximum absolute atomic E-state index is 12.9. The topological polar surface area (TPSA) is 78.5 Å². The normalized spacial score (nSPS) is 18.7. The minimum absolute atomic E-state index is 0.256. The van der Waals surface area contributed by atoms with E-state index < -0.39 is 18.0 Å². The molecule has 0 bridgehead atoms. The number of carbonyl (C=O) groups excluding carboxylic acids is 3. The first kappa shape index (κ1) is 17.9. The Morgan fingerprint density at radius 3 is 2.46 bits per heavy atom. The molecule has 1 aromatic rings. The number of carbonyl (C=O) groups is 3. The quantitative estimate of drug-likeness (QED) is 0.780. The number of imide groups is 1. The van der Waals surface area contributed by atoms with Crippen molar-refractivity contribution < 1.29 is 18.8 Å². The summed E-state index contributed by atoms with van der Waals surface area (Å²) in [5, 5.41) is 5.30. The van der Waals surface area contributed by atoms with Crippen molar-refractivity contribution in [3.63, 3.8) is 0 Å². The average molecular weight is 335 g/mol. The van der Waals surface area contributed by atoms with E-state index in [0.29, 0.717) is 6.42 Å². The van der Waals surface area contributed by atoms with Crippen LogP contribution in [0.25, 0.3) is 0 Å². The fourth-order valence-corrected chi connectivity index (χ4v) is 2.62. The lowest BCUT2D eigenvalue weighted by Gasteiger charge is -2.17. The summed E-state index contributed by atoms with van der Waals surface area (Å²) in [7, 11) is 0. The Balaban J connectivity index is 1.93. The molecule has 0 radical (unpaired) electrons. The Labute approximate surface area is 140 Å². The Morgan fingerprint density at radius 2 is 1.88 bits per heavy atom. The number of urea groups is 1. The number of nitrogens with zero attached hydrogens (tertiary/aromatic N) is 1. The summed E-state index contributed by atoms with van der Waals surface area (Å²) >= 11 is 0. The van der Waals surface area contributed by atoms with Crippen molar-refractivity contribution in [2.45, 2.75) is 39.3 Å². The van der Waals surface area contributed by atoms with Crippen LogP contribution >= 0.6 is 0 Å². The van der Waals surface area contributed by atoms with Crippen LogP contribution in [0.15, 0.2) is 24.3 Å². The first-order valence-electron chi connectivity index (χ1n) is 7.94. The summed E-state index contributed by atoms with van der Waals surface area (Å²) in [6.07, 6.45) is 0.536. The van der Waals surface area contributed by atoms with Crippen LogP contribution in [0, 0.1) is 11.7 Å². The van der Waals surface area contributed by atoms with Gasteiger partial charge >= 0.3 is 6.03 Å². The summed E-state index contributed by atoms with van der Waals surface area (Å²) in [6.45, 7) is 5.34. The van der Waals surface area contributed by atoms with Crippen LogP contribution in [-0.4, -0.2) is 35.3 Å². The summed E-state index contributed by atoms with van der Waals surface area (Å²) in [5.41, 5.74) is 0.736. The molecule has 1 fully saturated rings. The van der Waals surface area contributed by atoms with Gasteiger partial charge in [0.1, 0.15) is 18.4 Å². The van der Waals surface area contributed by atoms with Gasteiger partial charge in [-0.2, -0.15) is 0 Å². The first-order valence-corrected chi connectivity index (χ1v) is 7.94. The summed E-state index contributed by atoms with van der Waals surface area (Å²) in [5.74, 6) is -0.918. The smallest absolute Gasteiger partial charge is 0.325 e. The molecule has 2 rings (SSSR count). The number of amides is 4. The molecule has 0 aliphatic carbocycles. The number of hydrogen-bond acceptors (Lipinski definition) is 3. The van der Waals surface area contributed by atoms with Gasteiger partial charge in [0.05, 0.1) is 6.04 Å². The Bertz CT molecular complexity index is 630. The molecule has 1 aliphatic rings. The van der Waals surface area contributed by atoms with Gasteiger partial charge in [0, 0.05) is 0 Å². The van der Waals surface area contributed by atoms with E-state index in [4.69, 9.17) is 0 Å². The van der Waals surface area contributed by atoms with Gasteiger partial charge in [0.2, 0.25) is 5.91 Å².